The number of aromatic amines is 1. The third-order valence-electron chi connectivity index (χ3n) is 4.99. The third-order valence-corrected chi connectivity index (χ3v) is 4.99. The predicted molar refractivity (Wildman–Crippen MR) is 105 cm³/mol. The highest BCUT2D eigenvalue weighted by Gasteiger charge is 2.24. The number of benzene rings is 2. The second-order valence-corrected chi connectivity index (χ2v) is 7.04. The lowest BCUT2D eigenvalue weighted by Gasteiger charge is -2.34. The molecule has 2 aromatic carbocycles. The van der Waals surface area contributed by atoms with E-state index in [2.05, 4.69) is 14.9 Å². The zero-order chi connectivity index (χ0) is 19.5. The molecule has 0 radical (unpaired) electrons. The van der Waals surface area contributed by atoms with Gasteiger partial charge in [0.2, 0.25) is 0 Å². The molecule has 2 heterocycles. The molecule has 0 aliphatic carbocycles. The molecule has 0 spiro atoms. The average molecular weight is 382 g/mol. The van der Waals surface area contributed by atoms with Crippen LogP contribution in [0.2, 0.25) is 0 Å². The average Bonchev–Trinajstić information content (AvgIpc) is 3.12. The maximum Gasteiger partial charge on any atom is 0.289 e. The number of nitrogens with one attached hydrogen (secondary N) is 1. The van der Waals surface area contributed by atoms with E-state index in [0.717, 1.165) is 36.2 Å². The van der Waals surface area contributed by atoms with Gasteiger partial charge in [-0.3, -0.25) is 9.69 Å². The summed E-state index contributed by atoms with van der Waals surface area (Å²) in [5.74, 6) is 0.729. The van der Waals surface area contributed by atoms with Gasteiger partial charge in [0.25, 0.3) is 5.91 Å². The lowest BCUT2D eigenvalue weighted by molar-refractivity contribution is 0.0610. The fourth-order valence-corrected chi connectivity index (χ4v) is 3.37. The fraction of sp³-hybridized carbons (Fsp3) is 0.333. The van der Waals surface area contributed by atoms with Crippen molar-refractivity contribution >= 4 is 16.9 Å². The van der Waals surface area contributed by atoms with E-state index in [1.807, 2.05) is 30.0 Å². The maximum absolute atomic E-state index is 12.9. The standard InChI is InChI=1S/C21H23FN4O2/c1-15-2-7-18-19(14-15)24-20(23-18)21(27)26-10-8-25(9-11-26)12-13-28-17-5-3-16(22)4-6-17/h2-7,14H,8-13H2,1H3,(H,23,24). The number of nitrogens with zero attached hydrogens (tertiary/aromatic N) is 3. The number of carbonyl (C=O) groups excluding carboxylic acids is 1. The Bertz CT molecular complexity index is 962. The number of H-pyrrole nitrogens is 1. The number of ether oxygens (including phenoxy) is 1. The van der Waals surface area contributed by atoms with Crippen molar-refractivity contribution in [2.24, 2.45) is 0 Å². The third kappa shape index (κ3) is 4.14. The van der Waals surface area contributed by atoms with Gasteiger partial charge in [-0.05, 0) is 48.9 Å². The quantitative estimate of drug-likeness (QED) is 0.737. The Hall–Kier alpha value is -2.93. The molecule has 3 aromatic rings. The lowest BCUT2D eigenvalue weighted by atomic mass is 10.2. The molecule has 146 valence electrons. The van der Waals surface area contributed by atoms with Crippen molar-refractivity contribution in [2.45, 2.75) is 6.92 Å². The molecule has 0 bridgehead atoms. The van der Waals surface area contributed by atoms with Crippen molar-refractivity contribution in [1.82, 2.24) is 19.8 Å². The van der Waals surface area contributed by atoms with Crippen LogP contribution in [0.5, 0.6) is 5.75 Å². The van der Waals surface area contributed by atoms with Gasteiger partial charge in [0.1, 0.15) is 18.2 Å². The van der Waals surface area contributed by atoms with E-state index in [0.29, 0.717) is 31.3 Å². The zero-order valence-corrected chi connectivity index (χ0v) is 15.8. The van der Waals surface area contributed by atoms with Gasteiger partial charge in [0, 0.05) is 32.7 Å². The van der Waals surface area contributed by atoms with E-state index in [1.165, 1.54) is 12.1 Å². The first-order valence-electron chi connectivity index (χ1n) is 9.45. The number of piperazine rings is 1. The summed E-state index contributed by atoms with van der Waals surface area (Å²) in [6, 6.07) is 11.9. The Morgan fingerprint density at radius 1 is 1.14 bits per heavy atom. The van der Waals surface area contributed by atoms with E-state index in [9.17, 15) is 9.18 Å². The minimum atomic E-state index is -0.271. The number of halogens is 1. The van der Waals surface area contributed by atoms with Crippen LogP contribution in [0.15, 0.2) is 42.5 Å². The molecule has 1 fully saturated rings. The van der Waals surface area contributed by atoms with Crippen molar-refractivity contribution in [3.05, 3.63) is 59.7 Å². The minimum absolute atomic E-state index is 0.0592. The molecule has 1 aromatic heterocycles. The van der Waals surface area contributed by atoms with Crippen molar-refractivity contribution in [3.63, 3.8) is 0 Å². The Labute approximate surface area is 162 Å². The first-order chi connectivity index (χ1) is 13.6. The minimum Gasteiger partial charge on any atom is -0.492 e. The van der Waals surface area contributed by atoms with E-state index in [-0.39, 0.29) is 11.7 Å². The van der Waals surface area contributed by atoms with Gasteiger partial charge in [-0.25, -0.2) is 9.37 Å². The van der Waals surface area contributed by atoms with Crippen LogP contribution in [0.1, 0.15) is 16.2 Å². The molecule has 7 heteroatoms. The number of amides is 1. The van der Waals surface area contributed by atoms with Gasteiger partial charge in [0.05, 0.1) is 11.0 Å². The number of hydrogen-bond donors (Lipinski definition) is 1. The molecule has 1 aliphatic heterocycles. The highest BCUT2D eigenvalue weighted by Crippen LogP contribution is 2.15. The van der Waals surface area contributed by atoms with Crippen LogP contribution < -0.4 is 4.74 Å². The molecule has 0 unspecified atom stereocenters. The summed E-state index contributed by atoms with van der Waals surface area (Å²) in [5, 5.41) is 0. The SMILES string of the molecule is Cc1ccc2nc(C(=O)N3CCN(CCOc4ccc(F)cc4)CC3)[nH]c2c1. The summed E-state index contributed by atoms with van der Waals surface area (Å²) >= 11 is 0. The van der Waals surface area contributed by atoms with Gasteiger partial charge < -0.3 is 14.6 Å². The molecular weight excluding hydrogens is 359 g/mol. The monoisotopic (exact) mass is 382 g/mol. The lowest BCUT2D eigenvalue weighted by Crippen LogP contribution is -2.49. The molecule has 1 amide bonds. The Morgan fingerprint density at radius 3 is 2.64 bits per heavy atom. The highest BCUT2D eigenvalue weighted by atomic mass is 19.1. The summed E-state index contributed by atoms with van der Waals surface area (Å²) in [7, 11) is 0. The zero-order valence-electron chi connectivity index (χ0n) is 15.8. The van der Waals surface area contributed by atoms with Gasteiger partial charge in [-0.2, -0.15) is 0 Å². The first-order valence-corrected chi connectivity index (χ1v) is 9.45. The van der Waals surface area contributed by atoms with Gasteiger partial charge in [0.15, 0.2) is 5.82 Å². The summed E-state index contributed by atoms with van der Waals surface area (Å²) in [4.78, 5) is 24.4. The van der Waals surface area contributed by atoms with Crippen LogP contribution in [0.3, 0.4) is 0 Å². The number of imidazole rings is 1. The normalized spacial score (nSPS) is 15.1. The summed E-state index contributed by atoms with van der Waals surface area (Å²) in [5.41, 5.74) is 2.83. The second kappa shape index (κ2) is 7.98. The second-order valence-electron chi connectivity index (χ2n) is 7.04. The van der Waals surface area contributed by atoms with E-state index < -0.39 is 0 Å². The number of aryl methyl sites for hydroxylation is 1. The molecule has 1 N–H and O–H groups in total. The molecule has 1 saturated heterocycles. The smallest absolute Gasteiger partial charge is 0.289 e. The topological polar surface area (TPSA) is 61.5 Å². The molecular formula is C21H23FN4O2. The van der Waals surface area contributed by atoms with Crippen LogP contribution in [0.25, 0.3) is 11.0 Å². The Morgan fingerprint density at radius 2 is 1.89 bits per heavy atom. The van der Waals surface area contributed by atoms with Crippen LogP contribution in [0, 0.1) is 12.7 Å². The van der Waals surface area contributed by atoms with Crippen molar-refractivity contribution in [3.8, 4) is 5.75 Å². The molecule has 6 nitrogen and oxygen atoms in total. The van der Waals surface area contributed by atoms with Crippen molar-refractivity contribution < 1.29 is 13.9 Å². The summed E-state index contributed by atoms with van der Waals surface area (Å²) < 4.78 is 18.5. The van der Waals surface area contributed by atoms with Gasteiger partial charge >= 0.3 is 0 Å². The summed E-state index contributed by atoms with van der Waals surface area (Å²) in [6.45, 7) is 6.21. The van der Waals surface area contributed by atoms with Crippen molar-refractivity contribution in [2.75, 3.05) is 39.3 Å². The van der Waals surface area contributed by atoms with E-state index >= 15 is 0 Å². The number of rotatable bonds is 5. The number of carbonyl (C=O) groups is 1. The largest absolute Gasteiger partial charge is 0.492 e. The number of fused-ring (bicyclic) bond motifs is 1. The van der Waals surface area contributed by atoms with E-state index in [4.69, 9.17) is 4.74 Å². The fourth-order valence-electron chi connectivity index (χ4n) is 3.37. The van der Waals surface area contributed by atoms with Crippen molar-refractivity contribution in [1.29, 1.82) is 0 Å². The molecule has 4 rings (SSSR count). The Kier molecular flexibility index (Phi) is 5.25. The first kappa shape index (κ1) is 18.4. The number of hydrogen-bond acceptors (Lipinski definition) is 4. The van der Waals surface area contributed by atoms with Crippen LogP contribution in [-0.4, -0.2) is 65.0 Å². The van der Waals surface area contributed by atoms with Crippen LogP contribution in [0.4, 0.5) is 4.39 Å². The molecule has 0 atom stereocenters. The Balaban J connectivity index is 1.27. The van der Waals surface area contributed by atoms with E-state index in [1.54, 1.807) is 12.1 Å². The number of aromatic nitrogens is 2. The maximum atomic E-state index is 12.9. The van der Waals surface area contributed by atoms with Gasteiger partial charge in [-0.1, -0.05) is 6.07 Å². The van der Waals surface area contributed by atoms with Crippen LogP contribution >= 0.6 is 0 Å². The molecule has 1 aliphatic rings. The van der Waals surface area contributed by atoms with Gasteiger partial charge in [-0.15, -0.1) is 0 Å². The molecule has 0 saturated carbocycles. The summed E-state index contributed by atoms with van der Waals surface area (Å²) in [6.07, 6.45) is 0. The highest BCUT2D eigenvalue weighted by molar-refractivity contribution is 5.94. The predicted octanol–water partition coefficient (Wildman–Crippen LogP) is 2.85. The molecule has 28 heavy (non-hydrogen) atoms. The van der Waals surface area contributed by atoms with Crippen LogP contribution in [-0.2, 0) is 0 Å².